The van der Waals surface area contributed by atoms with Crippen molar-refractivity contribution >= 4 is 12.0 Å². The quantitative estimate of drug-likeness (QED) is 0.676. The smallest absolute Gasteiger partial charge is 0.315 e. The molecular formula is C16H30N2O3. The van der Waals surface area contributed by atoms with Crippen molar-refractivity contribution in [1.82, 2.24) is 10.6 Å². The predicted octanol–water partition coefficient (Wildman–Crippen LogP) is 3.00. The van der Waals surface area contributed by atoms with E-state index in [9.17, 15) is 9.59 Å². The second-order valence-electron chi connectivity index (χ2n) is 7.55. The molecule has 1 saturated carbocycles. The normalized spacial score (nSPS) is 22.0. The van der Waals surface area contributed by atoms with Crippen LogP contribution in [0.15, 0.2) is 0 Å². The van der Waals surface area contributed by atoms with Crippen molar-refractivity contribution in [3.05, 3.63) is 0 Å². The van der Waals surface area contributed by atoms with Crippen LogP contribution >= 0.6 is 0 Å². The highest BCUT2D eigenvalue weighted by Gasteiger charge is 2.31. The summed E-state index contributed by atoms with van der Waals surface area (Å²) >= 11 is 0. The van der Waals surface area contributed by atoms with Crippen LogP contribution in [0.1, 0.15) is 59.8 Å². The van der Waals surface area contributed by atoms with Gasteiger partial charge in [0.1, 0.15) is 0 Å². The van der Waals surface area contributed by atoms with E-state index >= 15 is 0 Å². The summed E-state index contributed by atoms with van der Waals surface area (Å²) in [6.45, 7) is 8.99. The van der Waals surface area contributed by atoms with Crippen molar-refractivity contribution in [2.45, 2.75) is 65.8 Å². The SMILES string of the molecule is CC(C)CC(CNC(=O)NC1CCC(C)(C)C1)CC(=O)O. The average molecular weight is 298 g/mol. The summed E-state index contributed by atoms with van der Waals surface area (Å²) in [5.74, 6) is -0.386. The third kappa shape index (κ3) is 7.34. The number of carboxylic acids is 1. The third-order valence-corrected chi connectivity index (χ3v) is 4.12. The van der Waals surface area contributed by atoms with E-state index in [1.54, 1.807) is 0 Å². The monoisotopic (exact) mass is 298 g/mol. The Kier molecular flexibility index (Phi) is 6.49. The van der Waals surface area contributed by atoms with Crippen LogP contribution in [0.5, 0.6) is 0 Å². The summed E-state index contributed by atoms with van der Waals surface area (Å²) in [7, 11) is 0. The Morgan fingerprint density at radius 1 is 1.33 bits per heavy atom. The molecule has 21 heavy (non-hydrogen) atoms. The minimum absolute atomic E-state index is 0.00623. The molecule has 0 aromatic heterocycles. The van der Waals surface area contributed by atoms with Crippen molar-refractivity contribution in [1.29, 1.82) is 0 Å². The number of urea groups is 1. The zero-order chi connectivity index (χ0) is 16.0. The number of hydrogen-bond acceptors (Lipinski definition) is 2. The van der Waals surface area contributed by atoms with Crippen molar-refractivity contribution in [2.24, 2.45) is 17.3 Å². The largest absolute Gasteiger partial charge is 0.481 e. The van der Waals surface area contributed by atoms with Crippen molar-refractivity contribution < 1.29 is 14.7 Å². The minimum atomic E-state index is -0.805. The molecule has 2 atom stereocenters. The number of carbonyl (C=O) groups is 2. The number of aliphatic carboxylic acids is 1. The maximum absolute atomic E-state index is 11.9. The Hall–Kier alpha value is -1.26. The first kappa shape index (κ1) is 17.8. The summed E-state index contributed by atoms with van der Waals surface area (Å²) in [5, 5.41) is 14.8. The van der Waals surface area contributed by atoms with E-state index in [2.05, 4.69) is 38.3 Å². The number of carboxylic acid groups (broad SMARTS) is 1. The van der Waals surface area contributed by atoms with Crippen LogP contribution in [0.4, 0.5) is 4.79 Å². The summed E-state index contributed by atoms with van der Waals surface area (Å²) < 4.78 is 0. The van der Waals surface area contributed by atoms with Crippen LogP contribution in [-0.2, 0) is 4.79 Å². The first-order valence-electron chi connectivity index (χ1n) is 7.94. The van der Waals surface area contributed by atoms with Crippen LogP contribution in [0.25, 0.3) is 0 Å². The predicted molar refractivity (Wildman–Crippen MR) is 83.2 cm³/mol. The number of hydrogen-bond donors (Lipinski definition) is 3. The lowest BCUT2D eigenvalue weighted by molar-refractivity contribution is -0.138. The van der Waals surface area contributed by atoms with Gasteiger partial charge in [0.25, 0.3) is 0 Å². The number of amides is 2. The Morgan fingerprint density at radius 3 is 2.48 bits per heavy atom. The Balaban J connectivity index is 2.34. The van der Waals surface area contributed by atoms with Gasteiger partial charge in [-0.1, -0.05) is 27.7 Å². The van der Waals surface area contributed by atoms with Crippen molar-refractivity contribution in [3.63, 3.8) is 0 Å². The number of rotatable bonds is 7. The van der Waals surface area contributed by atoms with Crippen molar-refractivity contribution in [3.8, 4) is 0 Å². The molecule has 0 saturated heterocycles. The molecule has 3 N–H and O–H groups in total. The maximum Gasteiger partial charge on any atom is 0.315 e. The van der Waals surface area contributed by atoms with Crippen LogP contribution in [-0.4, -0.2) is 29.7 Å². The lowest BCUT2D eigenvalue weighted by Crippen LogP contribution is -2.43. The molecule has 5 heteroatoms. The van der Waals surface area contributed by atoms with Crippen LogP contribution < -0.4 is 10.6 Å². The number of nitrogens with one attached hydrogen (secondary N) is 2. The van der Waals surface area contributed by atoms with Gasteiger partial charge >= 0.3 is 12.0 Å². The molecular weight excluding hydrogens is 268 g/mol. The molecule has 122 valence electrons. The van der Waals surface area contributed by atoms with Gasteiger partial charge in [0.2, 0.25) is 0 Å². The zero-order valence-corrected chi connectivity index (χ0v) is 13.7. The van der Waals surface area contributed by atoms with E-state index in [0.717, 1.165) is 25.7 Å². The van der Waals surface area contributed by atoms with Gasteiger partial charge in [0, 0.05) is 19.0 Å². The zero-order valence-electron chi connectivity index (χ0n) is 13.7. The summed E-state index contributed by atoms with van der Waals surface area (Å²) in [6.07, 6.45) is 4.07. The first-order chi connectivity index (χ1) is 9.68. The molecule has 1 rings (SSSR count). The topological polar surface area (TPSA) is 78.4 Å². The maximum atomic E-state index is 11.9. The standard InChI is InChI=1S/C16H30N2O3/c1-11(2)7-12(8-14(19)20)10-17-15(21)18-13-5-6-16(3,4)9-13/h11-13H,5-10H2,1-4H3,(H,19,20)(H2,17,18,21). The van der Waals surface area contributed by atoms with Gasteiger partial charge in [0.15, 0.2) is 0 Å². The molecule has 2 unspecified atom stereocenters. The first-order valence-corrected chi connectivity index (χ1v) is 7.94. The molecule has 5 nitrogen and oxygen atoms in total. The fraction of sp³-hybridized carbons (Fsp3) is 0.875. The highest BCUT2D eigenvalue weighted by Crippen LogP contribution is 2.36. The van der Waals surface area contributed by atoms with Gasteiger partial charge in [-0.05, 0) is 42.9 Å². The molecule has 0 aromatic carbocycles. The van der Waals surface area contributed by atoms with Gasteiger partial charge in [-0.25, -0.2) is 4.79 Å². The van der Waals surface area contributed by atoms with E-state index in [1.807, 2.05) is 0 Å². The third-order valence-electron chi connectivity index (χ3n) is 4.12. The van der Waals surface area contributed by atoms with Gasteiger partial charge in [-0.2, -0.15) is 0 Å². The van der Waals surface area contributed by atoms with Crippen LogP contribution in [0.3, 0.4) is 0 Å². The Morgan fingerprint density at radius 2 is 2.00 bits per heavy atom. The number of carbonyl (C=O) groups excluding carboxylic acids is 1. The molecule has 1 aliphatic rings. The van der Waals surface area contributed by atoms with E-state index in [4.69, 9.17) is 5.11 Å². The fourth-order valence-electron chi connectivity index (χ4n) is 3.19. The van der Waals surface area contributed by atoms with Crippen LogP contribution in [0, 0.1) is 17.3 Å². The van der Waals surface area contributed by atoms with E-state index in [1.165, 1.54) is 0 Å². The van der Waals surface area contributed by atoms with Crippen LogP contribution in [0.2, 0.25) is 0 Å². The molecule has 0 aromatic rings. The lowest BCUT2D eigenvalue weighted by atomic mass is 9.92. The highest BCUT2D eigenvalue weighted by molar-refractivity contribution is 5.74. The van der Waals surface area contributed by atoms with E-state index in [0.29, 0.717) is 17.9 Å². The lowest BCUT2D eigenvalue weighted by Gasteiger charge is -2.20. The van der Waals surface area contributed by atoms with E-state index < -0.39 is 5.97 Å². The fourth-order valence-corrected chi connectivity index (χ4v) is 3.19. The average Bonchev–Trinajstić information content (AvgIpc) is 2.64. The second kappa shape index (κ2) is 7.66. The second-order valence-corrected chi connectivity index (χ2v) is 7.55. The van der Waals surface area contributed by atoms with E-state index in [-0.39, 0.29) is 24.4 Å². The molecule has 1 aliphatic carbocycles. The van der Waals surface area contributed by atoms with Gasteiger partial charge in [-0.3, -0.25) is 4.79 Å². The molecule has 0 radical (unpaired) electrons. The van der Waals surface area contributed by atoms with Gasteiger partial charge in [0.05, 0.1) is 0 Å². The summed E-state index contributed by atoms with van der Waals surface area (Å²) in [5.41, 5.74) is 0.307. The van der Waals surface area contributed by atoms with Gasteiger partial charge in [-0.15, -0.1) is 0 Å². The summed E-state index contributed by atoms with van der Waals surface area (Å²) in [4.78, 5) is 22.8. The minimum Gasteiger partial charge on any atom is -0.481 e. The molecule has 0 heterocycles. The molecule has 0 spiro atoms. The van der Waals surface area contributed by atoms with Crippen molar-refractivity contribution in [2.75, 3.05) is 6.54 Å². The van der Waals surface area contributed by atoms with Gasteiger partial charge < -0.3 is 15.7 Å². The molecule has 0 bridgehead atoms. The summed E-state index contributed by atoms with van der Waals surface area (Å²) in [6, 6.07) is 0.0693. The Bertz CT molecular complexity index is 367. The highest BCUT2D eigenvalue weighted by atomic mass is 16.4. The molecule has 0 aliphatic heterocycles. The molecule has 1 fully saturated rings. The molecule has 2 amide bonds. The Labute approximate surface area is 127 Å².